The smallest absolute Gasteiger partial charge is 0.162 e. The second-order valence-corrected chi connectivity index (χ2v) is 7.37. The Balaban J connectivity index is 1.30. The zero-order valence-electron chi connectivity index (χ0n) is 17.2. The van der Waals surface area contributed by atoms with Crippen LogP contribution in [0.15, 0.2) is 73.3 Å². The van der Waals surface area contributed by atoms with Crippen molar-refractivity contribution in [2.45, 2.75) is 19.0 Å². The minimum Gasteiger partial charge on any atom is -0.326 e. The summed E-state index contributed by atoms with van der Waals surface area (Å²) in [4.78, 5) is 16.3. The fraction of sp³-hybridized carbons (Fsp3) is 0.167. The van der Waals surface area contributed by atoms with Crippen molar-refractivity contribution in [1.29, 1.82) is 0 Å². The van der Waals surface area contributed by atoms with Crippen LogP contribution in [0, 0.1) is 11.6 Å². The number of benzene rings is 2. The van der Waals surface area contributed by atoms with Crippen LogP contribution in [0.5, 0.6) is 0 Å². The third-order valence-corrected chi connectivity index (χ3v) is 4.91. The Bertz CT molecular complexity index is 1170. The van der Waals surface area contributed by atoms with Gasteiger partial charge in [-0.2, -0.15) is 0 Å². The zero-order valence-corrected chi connectivity index (χ0v) is 17.2. The first kappa shape index (κ1) is 21.6. The maximum atomic E-state index is 14.5. The van der Waals surface area contributed by atoms with Crippen molar-refractivity contribution < 1.29 is 8.78 Å². The molecule has 4 aromatic rings. The summed E-state index contributed by atoms with van der Waals surface area (Å²) < 4.78 is 28.9. The molecule has 162 valence electrons. The molecule has 2 aromatic carbocycles. The molecule has 0 aliphatic rings. The lowest BCUT2D eigenvalue weighted by Gasteiger charge is -2.14. The topological polar surface area (TPSA) is 89.6 Å². The number of nitrogens with two attached hydrogens (primary N) is 1. The van der Waals surface area contributed by atoms with E-state index >= 15 is 0 Å². The van der Waals surface area contributed by atoms with Gasteiger partial charge in [0.25, 0.3) is 0 Å². The van der Waals surface area contributed by atoms with Gasteiger partial charge in [-0.15, -0.1) is 0 Å². The lowest BCUT2D eigenvalue weighted by atomic mass is 10.0. The summed E-state index contributed by atoms with van der Waals surface area (Å²) in [7, 11) is 0. The summed E-state index contributed by atoms with van der Waals surface area (Å²) in [5.41, 5.74) is 8.48. The van der Waals surface area contributed by atoms with Crippen LogP contribution in [0.3, 0.4) is 0 Å². The Morgan fingerprint density at radius 1 is 0.750 bits per heavy atom. The van der Waals surface area contributed by atoms with Gasteiger partial charge in [-0.25, -0.2) is 28.7 Å². The third-order valence-electron chi connectivity index (χ3n) is 4.91. The lowest BCUT2D eigenvalue weighted by molar-refractivity contribution is 0.567. The summed E-state index contributed by atoms with van der Waals surface area (Å²) in [6.45, 7) is 0.954. The van der Waals surface area contributed by atoms with Crippen molar-refractivity contribution in [3.05, 3.63) is 96.1 Å². The highest BCUT2D eigenvalue weighted by atomic mass is 19.1. The SMILES string of the molecule is NC(CNCc1ccc(-c2ncccn2)c(F)c1)Cc1ccc(-c2ncccn2)c(F)c1. The van der Waals surface area contributed by atoms with Crippen LogP contribution in [-0.4, -0.2) is 32.5 Å². The fourth-order valence-corrected chi connectivity index (χ4v) is 3.37. The molecule has 0 amide bonds. The number of hydrogen-bond donors (Lipinski definition) is 2. The minimum atomic E-state index is -0.383. The van der Waals surface area contributed by atoms with Gasteiger partial charge in [-0.1, -0.05) is 12.1 Å². The molecular weight excluding hydrogens is 410 g/mol. The summed E-state index contributed by atoms with van der Waals surface area (Å²) in [6, 6.07) is 13.1. The highest BCUT2D eigenvalue weighted by molar-refractivity contribution is 5.56. The van der Waals surface area contributed by atoms with E-state index in [0.717, 1.165) is 11.1 Å². The van der Waals surface area contributed by atoms with Crippen LogP contribution in [-0.2, 0) is 13.0 Å². The van der Waals surface area contributed by atoms with E-state index in [1.54, 1.807) is 49.1 Å². The molecule has 0 aliphatic heterocycles. The summed E-state index contributed by atoms with van der Waals surface area (Å²) in [5.74, 6) is -0.0622. The molecule has 0 saturated heterocycles. The first-order valence-electron chi connectivity index (χ1n) is 10.2. The van der Waals surface area contributed by atoms with Crippen molar-refractivity contribution in [2.75, 3.05) is 6.54 Å². The van der Waals surface area contributed by atoms with E-state index in [1.165, 1.54) is 12.1 Å². The van der Waals surface area contributed by atoms with E-state index in [1.807, 2.05) is 12.1 Å². The molecule has 0 radical (unpaired) electrons. The van der Waals surface area contributed by atoms with Crippen LogP contribution in [0.4, 0.5) is 8.78 Å². The largest absolute Gasteiger partial charge is 0.326 e. The lowest BCUT2D eigenvalue weighted by Crippen LogP contribution is -2.35. The third kappa shape index (κ3) is 5.35. The van der Waals surface area contributed by atoms with E-state index in [4.69, 9.17) is 5.73 Å². The highest BCUT2D eigenvalue weighted by Crippen LogP contribution is 2.21. The van der Waals surface area contributed by atoms with Crippen LogP contribution in [0.25, 0.3) is 22.8 Å². The molecular formula is C24H22F2N6. The van der Waals surface area contributed by atoms with Crippen LogP contribution in [0.2, 0.25) is 0 Å². The summed E-state index contributed by atoms with van der Waals surface area (Å²) >= 11 is 0. The Morgan fingerprint density at radius 3 is 1.78 bits per heavy atom. The standard InChI is InChI=1S/C24H22F2N6/c25-21-12-16(3-5-19(21)23-29-7-1-8-30-23)11-18(27)15-28-14-17-4-6-20(22(26)13-17)24-31-9-2-10-32-24/h1-10,12-13,18,28H,11,14-15,27H2. The van der Waals surface area contributed by atoms with E-state index in [0.29, 0.717) is 42.3 Å². The Hall–Kier alpha value is -3.62. The average Bonchev–Trinajstić information content (AvgIpc) is 2.80. The van der Waals surface area contributed by atoms with E-state index in [-0.39, 0.29) is 17.7 Å². The number of hydrogen-bond acceptors (Lipinski definition) is 6. The van der Waals surface area contributed by atoms with E-state index in [2.05, 4.69) is 25.3 Å². The predicted octanol–water partition coefficient (Wildman–Crippen LogP) is 3.54. The number of halogens is 2. The van der Waals surface area contributed by atoms with E-state index < -0.39 is 0 Å². The number of nitrogens with one attached hydrogen (secondary N) is 1. The van der Waals surface area contributed by atoms with Gasteiger partial charge in [0.2, 0.25) is 0 Å². The molecule has 2 aromatic heterocycles. The molecule has 8 heteroatoms. The molecule has 32 heavy (non-hydrogen) atoms. The molecule has 0 aliphatic carbocycles. The van der Waals surface area contributed by atoms with Crippen molar-refractivity contribution in [2.24, 2.45) is 5.73 Å². The second-order valence-electron chi connectivity index (χ2n) is 7.37. The second kappa shape index (κ2) is 10.1. The van der Waals surface area contributed by atoms with Crippen LogP contribution < -0.4 is 11.1 Å². The first-order valence-corrected chi connectivity index (χ1v) is 10.2. The Labute approximate surface area is 184 Å². The Morgan fingerprint density at radius 2 is 1.25 bits per heavy atom. The molecule has 3 N–H and O–H groups in total. The molecule has 0 fully saturated rings. The fourth-order valence-electron chi connectivity index (χ4n) is 3.37. The number of nitrogens with zero attached hydrogens (tertiary/aromatic N) is 4. The molecule has 6 nitrogen and oxygen atoms in total. The Kier molecular flexibility index (Phi) is 6.84. The van der Waals surface area contributed by atoms with Crippen LogP contribution >= 0.6 is 0 Å². The van der Waals surface area contributed by atoms with Crippen molar-refractivity contribution in [3.63, 3.8) is 0 Å². The minimum absolute atomic E-state index is 0.227. The summed E-state index contributed by atoms with van der Waals surface area (Å²) in [5, 5.41) is 3.22. The molecule has 4 rings (SSSR count). The number of aromatic nitrogens is 4. The van der Waals surface area contributed by atoms with Crippen molar-refractivity contribution >= 4 is 0 Å². The van der Waals surface area contributed by atoms with Gasteiger partial charge in [0.1, 0.15) is 11.6 Å². The monoisotopic (exact) mass is 432 g/mol. The molecule has 0 bridgehead atoms. The van der Waals surface area contributed by atoms with Crippen molar-refractivity contribution in [3.8, 4) is 22.8 Å². The van der Waals surface area contributed by atoms with Gasteiger partial charge in [-0.3, -0.25) is 0 Å². The van der Waals surface area contributed by atoms with Gasteiger partial charge in [-0.05, 0) is 53.9 Å². The van der Waals surface area contributed by atoms with Gasteiger partial charge in [0.15, 0.2) is 11.6 Å². The van der Waals surface area contributed by atoms with Gasteiger partial charge < -0.3 is 11.1 Å². The zero-order chi connectivity index (χ0) is 22.3. The quantitative estimate of drug-likeness (QED) is 0.443. The van der Waals surface area contributed by atoms with Crippen LogP contribution in [0.1, 0.15) is 11.1 Å². The highest BCUT2D eigenvalue weighted by Gasteiger charge is 2.11. The molecule has 2 heterocycles. The predicted molar refractivity (Wildman–Crippen MR) is 118 cm³/mol. The summed E-state index contributed by atoms with van der Waals surface area (Å²) in [6.07, 6.45) is 6.80. The molecule has 1 atom stereocenters. The molecule has 0 saturated carbocycles. The number of rotatable bonds is 8. The van der Waals surface area contributed by atoms with Crippen molar-refractivity contribution in [1.82, 2.24) is 25.3 Å². The maximum Gasteiger partial charge on any atom is 0.162 e. The van der Waals surface area contributed by atoms with Gasteiger partial charge in [0.05, 0.1) is 11.1 Å². The van der Waals surface area contributed by atoms with Gasteiger partial charge >= 0.3 is 0 Å². The normalized spacial score (nSPS) is 12.0. The maximum absolute atomic E-state index is 14.5. The molecule has 1 unspecified atom stereocenters. The molecule has 0 spiro atoms. The average molecular weight is 432 g/mol. The van der Waals surface area contributed by atoms with E-state index in [9.17, 15) is 8.78 Å². The van der Waals surface area contributed by atoms with Gasteiger partial charge in [0, 0.05) is 43.9 Å². The first-order chi connectivity index (χ1) is 15.6.